The van der Waals surface area contributed by atoms with E-state index in [-0.39, 0.29) is 5.41 Å². The molecule has 0 unspecified atom stereocenters. The predicted molar refractivity (Wildman–Crippen MR) is 73.4 cm³/mol. The van der Waals surface area contributed by atoms with Gasteiger partial charge in [0.05, 0.1) is 4.34 Å². The maximum absolute atomic E-state index is 5.86. The molecule has 92 valence electrons. The molecule has 0 spiro atoms. The molecule has 1 aromatic rings. The Kier molecular flexibility index (Phi) is 5.76. The van der Waals surface area contributed by atoms with Crippen molar-refractivity contribution in [3.05, 3.63) is 21.3 Å². The third kappa shape index (κ3) is 5.30. The Morgan fingerprint density at radius 3 is 2.69 bits per heavy atom. The van der Waals surface area contributed by atoms with Crippen LogP contribution in [0.3, 0.4) is 0 Å². The lowest BCUT2D eigenvalue weighted by Gasteiger charge is -2.22. The molecule has 0 atom stereocenters. The molecule has 0 amide bonds. The van der Waals surface area contributed by atoms with Gasteiger partial charge in [0.1, 0.15) is 0 Å². The Morgan fingerprint density at radius 2 is 2.12 bits per heavy atom. The third-order valence-electron chi connectivity index (χ3n) is 2.71. The van der Waals surface area contributed by atoms with E-state index in [0.29, 0.717) is 0 Å². The van der Waals surface area contributed by atoms with Gasteiger partial charge in [-0.3, -0.25) is 0 Å². The highest BCUT2D eigenvalue weighted by Gasteiger charge is 2.14. The van der Waals surface area contributed by atoms with Crippen LogP contribution in [0.15, 0.2) is 12.1 Å². The number of hydrogen-bond acceptors (Lipinski definition) is 3. The van der Waals surface area contributed by atoms with Crippen molar-refractivity contribution in [1.82, 2.24) is 5.32 Å². The van der Waals surface area contributed by atoms with Gasteiger partial charge < -0.3 is 11.1 Å². The summed E-state index contributed by atoms with van der Waals surface area (Å²) in [6.45, 7) is 7.19. The fraction of sp³-hybridized carbons (Fsp3) is 0.667. The van der Waals surface area contributed by atoms with Crippen LogP contribution >= 0.6 is 22.9 Å². The minimum atomic E-state index is 0.249. The number of nitrogens with two attached hydrogens (primary N) is 1. The van der Waals surface area contributed by atoms with E-state index in [2.05, 4.69) is 25.2 Å². The zero-order valence-electron chi connectivity index (χ0n) is 10.1. The summed E-state index contributed by atoms with van der Waals surface area (Å²) >= 11 is 7.52. The highest BCUT2D eigenvalue weighted by atomic mass is 35.5. The molecule has 1 rings (SSSR count). The van der Waals surface area contributed by atoms with Crippen molar-refractivity contribution >= 4 is 22.9 Å². The topological polar surface area (TPSA) is 38.0 Å². The first-order valence-electron chi connectivity index (χ1n) is 5.68. The zero-order chi connectivity index (χ0) is 12.0. The SMILES string of the molecule is CC(C)(CN)CCNCCc1ccc(Cl)s1. The van der Waals surface area contributed by atoms with Gasteiger partial charge in [0.25, 0.3) is 0 Å². The summed E-state index contributed by atoms with van der Waals surface area (Å²) in [5, 5.41) is 3.44. The van der Waals surface area contributed by atoms with Gasteiger partial charge in [0.15, 0.2) is 0 Å². The molecular formula is C12H21ClN2S. The lowest BCUT2D eigenvalue weighted by Crippen LogP contribution is -2.29. The molecule has 0 aliphatic carbocycles. The Morgan fingerprint density at radius 1 is 1.38 bits per heavy atom. The van der Waals surface area contributed by atoms with Gasteiger partial charge in [0.2, 0.25) is 0 Å². The second-order valence-corrected chi connectivity index (χ2v) is 6.62. The monoisotopic (exact) mass is 260 g/mol. The number of thiophene rings is 1. The van der Waals surface area contributed by atoms with E-state index in [9.17, 15) is 0 Å². The normalized spacial score (nSPS) is 12.0. The molecule has 0 saturated heterocycles. The second kappa shape index (κ2) is 6.60. The maximum atomic E-state index is 5.86. The maximum Gasteiger partial charge on any atom is 0.0931 e. The highest BCUT2D eigenvalue weighted by Crippen LogP contribution is 2.21. The molecule has 0 aliphatic rings. The van der Waals surface area contributed by atoms with E-state index >= 15 is 0 Å². The van der Waals surface area contributed by atoms with E-state index in [1.807, 2.05) is 6.07 Å². The van der Waals surface area contributed by atoms with E-state index in [1.165, 1.54) is 4.88 Å². The number of hydrogen-bond donors (Lipinski definition) is 2. The Hall–Kier alpha value is -0.0900. The Balaban J connectivity index is 2.08. The predicted octanol–water partition coefficient (Wildman–Crippen LogP) is 2.91. The van der Waals surface area contributed by atoms with Crippen molar-refractivity contribution in [1.29, 1.82) is 0 Å². The van der Waals surface area contributed by atoms with Crippen molar-refractivity contribution in [2.75, 3.05) is 19.6 Å². The van der Waals surface area contributed by atoms with Crippen LogP contribution in [0, 0.1) is 5.41 Å². The quantitative estimate of drug-likeness (QED) is 0.740. The van der Waals surface area contributed by atoms with E-state index < -0.39 is 0 Å². The van der Waals surface area contributed by atoms with E-state index in [1.54, 1.807) is 11.3 Å². The summed E-state index contributed by atoms with van der Waals surface area (Å²) < 4.78 is 0.874. The Bertz CT molecular complexity index is 310. The number of nitrogens with one attached hydrogen (secondary N) is 1. The number of rotatable bonds is 7. The number of halogens is 1. The standard InChI is InChI=1S/C12H21ClN2S/c1-12(2,9-14)6-8-15-7-5-10-3-4-11(13)16-10/h3-4,15H,5-9,14H2,1-2H3. The molecule has 0 fully saturated rings. The second-order valence-electron chi connectivity index (χ2n) is 4.82. The molecule has 4 heteroatoms. The molecule has 16 heavy (non-hydrogen) atoms. The fourth-order valence-electron chi connectivity index (χ4n) is 1.35. The van der Waals surface area contributed by atoms with Gasteiger partial charge in [-0.25, -0.2) is 0 Å². The third-order valence-corrected chi connectivity index (χ3v) is 4.00. The Labute approximate surface area is 107 Å². The largest absolute Gasteiger partial charge is 0.330 e. The molecule has 2 nitrogen and oxygen atoms in total. The van der Waals surface area contributed by atoms with Crippen LogP contribution < -0.4 is 11.1 Å². The highest BCUT2D eigenvalue weighted by molar-refractivity contribution is 7.16. The average Bonchev–Trinajstić information content (AvgIpc) is 2.64. The summed E-state index contributed by atoms with van der Waals surface area (Å²) in [5.74, 6) is 0. The van der Waals surface area contributed by atoms with Crippen LogP contribution in [0.2, 0.25) is 4.34 Å². The van der Waals surface area contributed by atoms with Gasteiger partial charge in [-0.15, -0.1) is 11.3 Å². The minimum absolute atomic E-state index is 0.249. The average molecular weight is 261 g/mol. The molecule has 1 heterocycles. The van der Waals surface area contributed by atoms with Crippen LogP contribution in [0.25, 0.3) is 0 Å². The summed E-state index contributed by atoms with van der Waals surface area (Å²) in [7, 11) is 0. The van der Waals surface area contributed by atoms with Gasteiger partial charge in [-0.1, -0.05) is 25.4 Å². The first kappa shape index (κ1) is 14.0. The summed E-state index contributed by atoms with van der Waals surface area (Å²) in [5.41, 5.74) is 5.92. The molecular weight excluding hydrogens is 240 g/mol. The van der Waals surface area contributed by atoms with Crippen LogP contribution in [0.1, 0.15) is 25.1 Å². The minimum Gasteiger partial charge on any atom is -0.330 e. The van der Waals surface area contributed by atoms with Crippen molar-refractivity contribution < 1.29 is 0 Å². The molecule has 0 aliphatic heterocycles. The summed E-state index contributed by atoms with van der Waals surface area (Å²) in [6.07, 6.45) is 2.18. The van der Waals surface area contributed by atoms with Crippen LogP contribution in [0.4, 0.5) is 0 Å². The van der Waals surface area contributed by atoms with Gasteiger partial charge in [-0.05, 0) is 50.0 Å². The first-order valence-corrected chi connectivity index (χ1v) is 6.88. The van der Waals surface area contributed by atoms with Crippen LogP contribution in [-0.4, -0.2) is 19.6 Å². The van der Waals surface area contributed by atoms with Crippen LogP contribution in [0.5, 0.6) is 0 Å². The molecule has 0 radical (unpaired) electrons. The summed E-state index contributed by atoms with van der Waals surface area (Å²) in [6, 6.07) is 4.05. The van der Waals surface area contributed by atoms with E-state index in [4.69, 9.17) is 17.3 Å². The zero-order valence-corrected chi connectivity index (χ0v) is 11.6. The van der Waals surface area contributed by atoms with E-state index in [0.717, 1.165) is 36.8 Å². The lowest BCUT2D eigenvalue weighted by atomic mass is 9.90. The van der Waals surface area contributed by atoms with Crippen molar-refractivity contribution in [3.8, 4) is 0 Å². The molecule has 3 N–H and O–H groups in total. The van der Waals surface area contributed by atoms with Gasteiger partial charge in [0, 0.05) is 4.88 Å². The van der Waals surface area contributed by atoms with Crippen molar-refractivity contribution in [3.63, 3.8) is 0 Å². The molecule has 0 bridgehead atoms. The molecule has 0 aromatic carbocycles. The summed E-state index contributed by atoms with van der Waals surface area (Å²) in [4.78, 5) is 1.34. The van der Waals surface area contributed by atoms with Crippen molar-refractivity contribution in [2.45, 2.75) is 26.7 Å². The van der Waals surface area contributed by atoms with Gasteiger partial charge in [-0.2, -0.15) is 0 Å². The van der Waals surface area contributed by atoms with Gasteiger partial charge >= 0.3 is 0 Å². The smallest absolute Gasteiger partial charge is 0.0931 e. The fourth-order valence-corrected chi connectivity index (χ4v) is 2.44. The molecule has 0 saturated carbocycles. The first-order chi connectivity index (χ1) is 7.53. The lowest BCUT2D eigenvalue weighted by molar-refractivity contribution is 0.340. The van der Waals surface area contributed by atoms with Crippen molar-refractivity contribution in [2.24, 2.45) is 11.1 Å². The molecule has 1 aromatic heterocycles. The van der Waals surface area contributed by atoms with Crippen LogP contribution in [-0.2, 0) is 6.42 Å².